The van der Waals surface area contributed by atoms with Gasteiger partial charge in [-0.1, -0.05) is 23.7 Å². The van der Waals surface area contributed by atoms with Crippen molar-refractivity contribution >= 4 is 29.0 Å². The number of para-hydroxylation sites is 1. The quantitative estimate of drug-likeness (QED) is 0.750. The zero-order valence-corrected chi connectivity index (χ0v) is 16.1. The van der Waals surface area contributed by atoms with Gasteiger partial charge < -0.3 is 9.88 Å². The van der Waals surface area contributed by atoms with Crippen molar-refractivity contribution in [2.75, 3.05) is 25.5 Å². The third kappa shape index (κ3) is 4.17. The highest BCUT2D eigenvalue weighted by Crippen LogP contribution is 2.38. The SMILES string of the molecule is Cc1cc(C(=O)CN(C)CC(=O)Nc2ccccc2Cl)c(C)n1C1CC1. The molecule has 0 aliphatic heterocycles. The molecule has 5 nitrogen and oxygen atoms in total. The number of nitrogens with one attached hydrogen (secondary N) is 1. The number of carbonyl (C=O) groups is 2. The Kier molecular flexibility index (Phi) is 5.49. The first kappa shape index (κ1) is 18.7. The van der Waals surface area contributed by atoms with Crippen LogP contribution in [0.2, 0.25) is 5.02 Å². The molecule has 26 heavy (non-hydrogen) atoms. The van der Waals surface area contributed by atoms with Crippen LogP contribution in [0.1, 0.15) is 40.6 Å². The number of halogens is 1. The van der Waals surface area contributed by atoms with Gasteiger partial charge in [0.15, 0.2) is 5.78 Å². The van der Waals surface area contributed by atoms with Crippen molar-refractivity contribution in [2.45, 2.75) is 32.7 Å². The molecule has 1 aromatic carbocycles. The van der Waals surface area contributed by atoms with Crippen molar-refractivity contribution in [1.29, 1.82) is 0 Å². The second-order valence-corrected chi connectivity index (χ2v) is 7.42. The molecular weight excluding hydrogens is 350 g/mol. The molecule has 1 aliphatic rings. The summed E-state index contributed by atoms with van der Waals surface area (Å²) >= 11 is 6.05. The summed E-state index contributed by atoms with van der Waals surface area (Å²) in [6, 6.07) is 9.60. The standard InChI is InChI=1S/C20H24ClN3O2/c1-13-10-16(14(2)24(13)15-8-9-15)19(25)11-23(3)12-20(26)22-18-7-5-4-6-17(18)21/h4-7,10,15H,8-9,11-12H2,1-3H3,(H,22,26). The van der Waals surface area contributed by atoms with Crippen LogP contribution in [-0.2, 0) is 4.79 Å². The maximum atomic E-state index is 12.7. The van der Waals surface area contributed by atoms with Gasteiger partial charge in [0.05, 0.1) is 23.8 Å². The molecule has 1 aliphatic carbocycles. The van der Waals surface area contributed by atoms with E-state index in [-0.39, 0.29) is 24.8 Å². The van der Waals surface area contributed by atoms with E-state index in [0.29, 0.717) is 16.8 Å². The number of amides is 1. The summed E-state index contributed by atoms with van der Waals surface area (Å²) in [6.07, 6.45) is 2.37. The van der Waals surface area contributed by atoms with Gasteiger partial charge in [0.2, 0.25) is 5.91 Å². The molecule has 0 unspecified atom stereocenters. The summed E-state index contributed by atoms with van der Waals surface area (Å²) in [5.74, 6) is -0.158. The number of ketones is 1. The lowest BCUT2D eigenvalue weighted by atomic mass is 10.1. The fourth-order valence-electron chi connectivity index (χ4n) is 3.34. The number of nitrogens with zero attached hydrogens (tertiary/aromatic N) is 2. The Balaban J connectivity index is 1.58. The van der Waals surface area contributed by atoms with Crippen molar-refractivity contribution in [3.05, 3.63) is 52.3 Å². The summed E-state index contributed by atoms with van der Waals surface area (Å²) < 4.78 is 2.26. The topological polar surface area (TPSA) is 54.3 Å². The van der Waals surface area contributed by atoms with E-state index in [2.05, 4.69) is 9.88 Å². The minimum Gasteiger partial charge on any atom is -0.345 e. The van der Waals surface area contributed by atoms with Gasteiger partial charge in [0.1, 0.15) is 0 Å². The molecular formula is C20H24ClN3O2. The maximum Gasteiger partial charge on any atom is 0.238 e. The minimum atomic E-state index is -0.197. The van der Waals surface area contributed by atoms with Crippen LogP contribution in [0.25, 0.3) is 0 Å². The molecule has 1 amide bonds. The van der Waals surface area contributed by atoms with Crippen LogP contribution in [0.3, 0.4) is 0 Å². The van der Waals surface area contributed by atoms with E-state index in [0.717, 1.165) is 17.0 Å². The van der Waals surface area contributed by atoms with E-state index < -0.39 is 0 Å². The number of aromatic nitrogens is 1. The predicted molar refractivity (Wildman–Crippen MR) is 104 cm³/mol. The van der Waals surface area contributed by atoms with Crippen LogP contribution in [0, 0.1) is 13.8 Å². The van der Waals surface area contributed by atoms with Gasteiger partial charge >= 0.3 is 0 Å². The molecule has 0 atom stereocenters. The number of rotatable bonds is 7. The Morgan fingerprint density at radius 1 is 1.23 bits per heavy atom. The zero-order chi connectivity index (χ0) is 18.8. The van der Waals surface area contributed by atoms with E-state index in [1.54, 1.807) is 30.1 Å². The Labute approximate surface area is 158 Å². The summed E-state index contributed by atoms with van der Waals surface area (Å²) in [4.78, 5) is 26.6. The molecule has 0 spiro atoms. The first-order valence-corrected chi connectivity index (χ1v) is 9.19. The molecule has 1 N–H and O–H groups in total. The van der Waals surface area contributed by atoms with Gasteiger partial charge in [-0.25, -0.2) is 0 Å². The summed E-state index contributed by atoms with van der Waals surface area (Å²) in [6.45, 7) is 4.37. The monoisotopic (exact) mass is 373 g/mol. The van der Waals surface area contributed by atoms with Gasteiger partial charge in [-0.15, -0.1) is 0 Å². The van der Waals surface area contributed by atoms with Gasteiger partial charge in [-0.2, -0.15) is 0 Å². The Morgan fingerprint density at radius 3 is 2.58 bits per heavy atom. The maximum absolute atomic E-state index is 12.7. The Bertz CT molecular complexity index is 840. The number of Topliss-reactive ketones (excluding diaryl/α,β-unsaturated/α-hetero) is 1. The third-order valence-corrected chi connectivity index (χ3v) is 5.00. The average molecular weight is 374 g/mol. The average Bonchev–Trinajstić information content (AvgIpc) is 3.34. The number of benzene rings is 1. The molecule has 0 bridgehead atoms. The van der Waals surface area contributed by atoms with Gasteiger partial charge in [0, 0.05) is 23.0 Å². The van der Waals surface area contributed by atoms with E-state index in [1.807, 2.05) is 26.0 Å². The van der Waals surface area contributed by atoms with Crippen LogP contribution in [0.5, 0.6) is 0 Å². The summed E-state index contributed by atoms with van der Waals surface area (Å²) in [5.41, 5.74) is 3.50. The normalized spacial score (nSPS) is 13.9. The number of likely N-dealkylation sites (N-methyl/N-ethyl adjacent to an activating group) is 1. The lowest BCUT2D eigenvalue weighted by Gasteiger charge is -2.16. The highest BCUT2D eigenvalue weighted by Gasteiger charge is 2.28. The Hall–Kier alpha value is -2.11. The summed E-state index contributed by atoms with van der Waals surface area (Å²) in [5, 5.41) is 3.27. The molecule has 0 radical (unpaired) electrons. The molecule has 1 saturated carbocycles. The third-order valence-electron chi connectivity index (χ3n) is 4.67. The Morgan fingerprint density at radius 2 is 1.92 bits per heavy atom. The molecule has 138 valence electrons. The summed E-state index contributed by atoms with van der Waals surface area (Å²) in [7, 11) is 1.77. The number of hydrogen-bond donors (Lipinski definition) is 1. The highest BCUT2D eigenvalue weighted by atomic mass is 35.5. The van der Waals surface area contributed by atoms with Crippen molar-refractivity contribution in [3.8, 4) is 0 Å². The van der Waals surface area contributed by atoms with Crippen LogP contribution in [0.4, 0.5) is 5.69 Å². The van der Waals surface area contributed by atoms with Crippen LogP contribution in [-0.4, -0.2) is 41.3 Å². The highest BCUT2D eigenvalue weighted by molar-refractivity contribution is 6.33. The van der Waals surface area contributed by atoms with Crippen LogP contribution < -0.4 is 5.32 Å². The van der Waals surface area contributed by atoms with Crippen LogP contribution in [0.15, 0.2) is 30.3 Å². The number of aryl methyl sites for hydroxylation is 1. The van der Waals surface area contributed by atoms with Crippen molar-refractivity contribution < 1.29 is 9.59 Å². The zero-order valence-electron chi connectivity index (χ0n) is 15.4. The second kappa shape index (κ2) is 7.64. The second-order valence-electron chi connectivity index (χ2n) is 7.01. The first-order valence-electron chi connectivity index (χ1n) is 8.81. The predicted octanol–water partition coefficient (Wildman–Crippen LogP) is 3.85. The van der Waals surface area contributed by atoms with Gasteiger partial charge in [-0.3, -0.25) is 14.5 Å². The van der Waals surface area contributed by atoms with Gasteiger partial charge in [-0.05, 0) is 51.9 Å². The van der Waals surface area contributed by atoms with E-state index >= 15 is 0 Å². The van der Waals surface area contributed by atoms with E-state index in [1.165, 1.54) is 12.8 Å². The molecule has 0 saturated heterocycles. The number of hydrogen-bond acceptors (Lipinski definition) is 3. The first-order chi connectivity index (χ1) is 12.4. The molecule has 3 rings (SSSR count). The van der Waals surface area contributed by atoms with Crippen molar-refractivity contribution in [3.63, 3.8) is 0 Å². The van der Waals surface area contributed by atoms with Crippen LogP contribution >= 0.6 is 11.6 Å². The smallest absolute Gasteiger partial charge is 0.238 e. The molecule has 1 heterocycles. The van der Waals surface area contributed by atoms with E-state index in [4.69, 9.17) is 11.6 Å². The minimum absolute atomic E-state index is 0.0399. The fraction of sp³-hybridized carbons (Fsp3) is 0.400. The van der Waals surface area contributed by atoms with Crippen molar-refractivity contribution in [1.82, 2.24) is 9.47 Å². The van der Waals surface area contributed by atoms with Gasteiger partial charge in [0.25, 0.3) is 0 Å². The largest absolute Gasteiger partial charge is 0.345 e. The lowest BCUT2D eigenvalue weighted by molar-refractivity contribution is -0.116. The number of anilines is 1. The molecule has 6 heteroatoms. The van der Waals surface area contributed by atoms with Crippen molar-refractivity contribution in [2.24, 2.45) is 0 Å². The molecule has 2 aromatic rings. The molecule has 1 aromatic heterocycles. The lowest BCUT2D eigenvalue weighted by Crippen LogP contribution is -2.34. The number of carbonyl (C=O) groups excluding carboxylic acids is 2. The molecule has 1 fully saturated rings. The fourth-order valence-corrected chi connectivity index (χ4v) is 3.52. The van der Waals surface area contributed by atoms with E-state index in [9.17, 15) is 9.59 Å².